The molecule has 14 nitrogen and oxygen atoms in total. The highest BCUT2D eigenvalue weighted by Gasteiger charge is 2.30. The van der Waals surface area contributed by atoms with Crippen LogP contribution < -0.4 is 36.6 Å². The Hall–Kier alpha value is -3.71. The van der Waals surface area contributed by atoms with E-state index in [1.807, 2.05) is 5.32 Å². The highest BCUT2D eigenvalue weighted by molar-refractivity contribution is 5.96. The number of rotatable bonds is 13. The molecule has 0 aromatic rings. The molecule has 0 fully saturated rings. The summed E-state index contributed by atoms with van der Waals surface area (Å²) in [6.45, 7) is 5.30. The number of carbonyl (C=O) groups is 7. The maximum absolute atomic E-state index is 12.5. The van der Waals surface area contributed by atoms with Gasteiger partial charge in [0.15, 0.2) is 0 Å². The minimum atomic E-state index is -1.89. The van der Waals surface area contributed by atoms with E-state index in [1.54, 1.807) is 0 Å². The zero-order valence-corrected chi connectivity index (χ0v) is 17.9. The van der Waals surface area contributed by atoms with Gasteiger partial charge in [-0.1, -0.05) is 13.8 Å². The summed E-state index contributed by atoms with van der Waals surface area (Å²) in [6.07, 6.45) is -1.90. The van der Waals surface area contributed by atoms with Gasteiger partial charge < -0.3 is 51.0 Å². The van der Waals surface area contributed by atoms with Crippen molar-refractivity contribution in [1.82, 2.24) is 21.3 Å². The number of nitrogens with one attached hydrogen (secondary N) is 4. The van der Waals surface area contributed by atoms with E-state index in [9.17, 15) is 48.9 Å². The van der Waals surface area contributed by atoms with E-state index in [2.05, 4.69) is 16.0 Å². The van der Waals surface area contributed by atoms with E-state index in [0.717, 1.165) is 6.92 Å². The van der Waals surface area contributed by atoms with Crippen molar-refractivity contribution < 1.29 is 48.9 Å². The number of carbonyl (C=O) groups excluding carboxylic acids is 7. The van der Waals surface area contributed by atoms with Crippen molar-refractivity contribution in [3.63, 3.8) is 0 Å². The van der Waals surface area contributed by atoms with Crippen molar-refractivity contribution in [2.24, 2.45) is 5.92 Å². The first-order chi connectivity index (χ1) is 14.6. The summed E-state index contributed by atoms with van der Waals surface area (Å²) >= 11 is 0. The van der Waals surface area contributed by atoms with E-state index >= 15 is 0 Å². The Morgan fingerprint density at radius 1 is 0.656 bits per heavy atom. The molecule has 14 heteroatoms. The lowest BCUT2D eigenvalue weighted by atomic mass is 10.0. The molecular weight excluding hydrogens is 432 g/mol. The molecule has 0 aromatic carbocycles. The summed E-state index contributed by atoms with van der Waals surface area (Å²) in [5.41, 5.74) is 0. The fourth-order valence-electron chi connectivity index (χ4n) is 2.44. The van der Waals surface area contributed by atoms with Crippen LogP contribution >= 0.6 is 0 Å². The highest BCUT2D eigenvalue weighted by atomic mass is 16.4. The van der Waals surface area contributed by atoms with Gasteiger partial charge in [0.1, 0.15) is 18.1 Å². The maximum atomic E-state index is 12.5. The van der Waals surface area contributed by atoms with Gasteiger partial charge >= 0.3 is 0 Å². The molecule has 32 heavy (non-hydrogen) atoms. The summed E-state index contributed by atoms with van der Waals surface area (Å²) in [7, 11) is 0. The largest absolute Gasteiger partial charge is 0.550 e. The molecule has 4 amide bonds. The topological polar surface area (TPSA) is 237 Å². The van der Waals surface area contributed by atoms with Gasteiger partial charge in [0.2, 0.25) is 23.6 Å². The minimum absolute atomic E-state index is 0.552. The molecule has 4 atom stereocenters. The lowest BCUT2D eigenvalue weighted by Crippen LogP contribution is -2.59. The average molecular weight is 457 g/mol. The van der Waals surface area contributed by atoms with Gasteiger partial charge in [-0.2, -0.15) is 0 Å². The summed E-state index contributed by atoms with van der Waals surface area (Å²) in [5, 5.41) is 40.8. The number of carboxylic acid groups (broad SMARTS) is 3. The second kappa shape index (κ2) is 12.9. The van der Waals surface area contributed by atoms with Crippen LogP contribution in [0.5, 0.6) is 0 Å². The van der Waals surface area contributed by atoms with Crippen LogP contribution in [-0.2, 0) is 33.6 Å². The van der Waals surface area contributed by atoms with Gasteiger partial charge in [0, 0.05) is 31.7 Å². The molecule has 0 aliphatic carbocycles. The molecule has 0 spiro atoms. The van der Waals surface area contributed by atoms with Crippen LogP contribution in [0.2, 0.25) is 0 Å². The molecule has 0 heterocycles. The normalized spacial score (nSPS) is 14.3. The molecule has 0 aromatic heterocycles. The van der Waals surface area contributed by atoms with Crippen molar-refractivity contribution in [1.29, 1.82) is 0 Å². The predicted molar refractivity (Wildman–Crippen MR) is 98.2 cm³/mol. The fourth-order valence-corrected chi connectivity index (χ4v) is 2.44. The first kappa shape index (κ1) is 28.3. The lowest BCUT2D eigenvalue weighted by Gasteiger charge is -2.27. The van der Waals surface area contributed by atoms with E-state index in [1.165, 1.54) is 20.8 Å². The summed E-state index contributed by atoms with van der Waals surface area (Å²) in [6, 6.07) is -6.02. The second-order valence-electron chi connectivity index (χ2n) is 7.25. The van der Waals surface area contributed by atoms with Crippen LogP contribution in [0.25, 0.3) is 0 Å². The van der Waals surface area contributed by atoms with Gasteiger partial charge in [-0.15, -0.1) is 0 Å². The van der Waals surface area contributed by atoms with E-state index in [0.29, 0.717) is 0 Å². The first-order valence-corrected chi connectivity index (χ1v) is 9.44. The summed E-state index contributed by atoms with van der Waals surface area (Å²) < 4.78 is 0. The molecule has 4 N–H and O–H groups in total. The Kier molecular flexibility index (Phi) is 11.4. The molecule has 0 rings (SSSR count). The lowest BCUT2D eigenvalue weighted by molar-refractivity contribution is -0.317. The molecule has 0 bridgehead atoms. The van der Waals surface area contributed by atoms with E-state index in [4.69, 9.17) is 0 Å². The smallest absolute Gasteiger partial charge is 0.243 e. The number of aliphatic carboxylic acids is 3. The quantitative estimate of drug-likeness (QED) is 0.204. The second-order valence-corrected chi connectivity index (χ2v) is 7.25. The molecule has 0 saturated carbocycles. The standard InChI is InChI=1S/C18H28N4O10/c1-7(2)14(22-16(29)10(5-12(24)25)20-9(4)23)17(30)19-8(3)15(28)21-11(18(31)32)6-13(26)27/h7-8,10-11,14H,5-6H2,1-4H3,(H,19,30)(H,20,23)(H,21,28)(H,22,29)(H,24,25)(H,26,27)(H,31,32)/p-3/t8-,10-,11-,14-/m0/s1. The van der Waals surface area contributed by atoms with Crippen molar-refractivity contribution in [2.75, 3.05) is 0 Å². The monoisotopic (exact) mass is 457 g/mol. The van der Waals surface area contributed by atoms with Gasteiger partial charge in [0.05, 0.1) is 12.0 Å². The number of hydrogen-bond acceptors (Lipinski definition) is 10. The fraction of sp³-hybridized carbons (Fsp3) is 0.611. The Morgan fingerprint density at radius 3 is 1.56 bits per heavy atom. The maximum Gasteiger partial charge on any atom is 0.243 e. The molecular formula is C18H25N4O10-3. The van der Waals surface area contributed by atoms with Crippen LogP contribution in [0.4, 0.5) is 0 Å². The van der Waals surface area contributed by atoms with Gasteiger partial charge in [-0.3, -0.25) is 19.2 Å². The van der Waals surface area contributed by atoms with Crippen molar-refractivity contribution in [2.45, 2.75) is 64.7 Å². The summed E-state index contributed by atoms with van der Waals surface area (Å²) in [4.78, 5) is 80.5. The molecule has 0 aliphatic heterocycles. The van der Waals surface area contributed by atoms with Crippen molar-refractivity contribution >= 4 is 41.5 Å². The molecule has 0 radical (unpaired) electrons. The Bertz CT molecular complexity index is 751. The van der Waals surface area contributed by atoms with Gasteiger partial charge in [0.25, 0.3) is 0 Å². The molecule has 0 unspecified atom stereocenters. The van der Waals surface area contributed by atoms with Crippen LogP contribution in [0.3, 0.4) is 0 Å². The number of carboxylic acids is 3. The van der Waals surface area contributed by atoms with Crippen molar-refractivity contribution in [3.05, 3.63) is 0 Å². The Labute approximate surface area is 183 Å². The van der Waals surface area contributed by atoms with Crippen molar-refractivity contribution in [3.8, 4) is 0 Å². The van der Waals surface area contributed by atoms with E-state index in [-0.39, 0.29) is 0 Å². The number of hydrogen-bond donors (Lipinski definition) is 4. The molecule has 180 valence electrons. The third-order valence-corrected chi connectivity index (χ3v) is 4.04. The number of amides is 4. The average Bonchev–Trinajstić information content (AvgIpc) is 2.62. The van der Waals surface area contributed by atoms with Gasteiger partial charge in [-0.05, 0) is 12.8 Å². The third-order valence-electron chi connectivity index (χ3n) is 4.04. The van der Waals surface area contributed by atoms with Crippen LogP contribution in [0, 0.1) is 5.92 Å². The zero-order chi connectivity index (χ0) is 25.2. The molecule has 0 aliphatic rings. The Balaban J connectivity index is 5.25. The van der Waals surface area contributed by atoms with Crippen LogP contribution in [0.1, 0.15) is 40.5 Å². The van der Waals surface area contributed by atoms with Crippen LogP contribution in [0.15, 0.2) is 0 Å². The first-order valence-electron chi connectivity index (χ1n) is 9.44. The SMILES string of the molecule is CC(=O)N[C@@H](CC(=O)[O-])C(=O)N[C@H](C(=O)N[C@@H](C)C(=O)N[C@@H](CC(=O)[O-])C(=O)[O-])C(C)C. The summed E-state index contributed by atoms with van der Waals surface area (Å²) in [5.74, 6) is -9.39. The predicted octanol–water partition coefficient (Wildman–Crippen LogP) is -6.35. The molecule has 0 saturated heterocycles. The Morgan fingerprint density at radius 2 is 1.16 bits per heavy atom. The minimum Gasteiger partial charge on any atom is -0.550 e. The van der Waals surface area contributed by atoms with Crippen LogP contribution in [-0.4, -0.2) is 65.7 Å². The zero-order valence-electron chi connectivity index (χ0n) is 17.9. The third kappa shape index (κ3) is 10.4. The highest BCUT2D eigenvalue weighted by Crippen LogP contribution is 2.05. The van der Waals surface area contributed by atoms with E-state index < -0.39 is 84.5 Å². The van der Waals surface area contributed by atoms with Gasteiger partial charge in [-0.25, -0.2) is 0 Å².